The first-order valence-corrected chi connectivity index (χ1v) is 11.4. The van der Waals surface area contributed by atoms with Crippen molar-refractivity contribution in [2.24, 2.45) is 11.8 Å². The first-order chi connectivity index (χ1) is 15.3. The van der Waals surface area contributed by atoms with Gasteiger partial charge in [0.15, 0.2) is 5.76 Å². The Kier molecular flexibility index (Phi) is 7.10. The van der Waals surface area contributed by atoms with Crippen LogP contribution in [-0.2, 0) is 20.4 Å². The van der Waals surface area contributed by atoms with Crippen molar-refractivity contribution in [2.45, 2.75) is 69.4 Å². The molecule has 2 N–H and O–H groups in total. The maximum Gasteiger partial charge on any atom is 0.416 e. The molecule has 1 aromatic carbocycles. The summed E-state index contributed by atoms with van der Waals surface area (Å²) in [6.07, 6.45) is 2.80. The van der Waals surface area contributed by atoms with Gasteiger partial charge in [0, 0.05) is 25.0 Å². The van der Waals surface area contributed by atoms with E-state index in [2.05, 4.69) is 5.32 Å². The van der Waals surface area contributed by atoms with Gasteiger partial charge in [-0.15, -0.1) is 0 Å². The summed E-state index contributed by atoms with van der Waals surface area (Å²) in [5.74, 6) is 0.785. The molecule has 1 amide bonds. The van der Waals surface area contributed by atoms with E-state index in [4.69, 9.17) is 14.6 Å². The Morgan fingerprint density at radius 3 is 2.53 bits per heavy atom. The maximum atomic E-state index is 13.0. The lowest BCUT2D eigenvalue weighted by Crippen LogP contribution is -2.41. The molecular weight excluding hydrogens is 423 g/mol. The summed E-state index contributed by atoms with van der Waals surface area (Å²) in [5, 5.41) is 12.0. The number of alkyl halides is 3. The Bertz CT molecular complexity index is 824. The number of unbranched alkanes of at least 4 members (excludes halogenated alkanes) is 1. The second-order valence-electron chi connectivity index (χ2n) is 9.10. The molecule has 0 spiro atoms. The average Bonchev–Trinajstić information content (AvgIpc) is 3.39. The number of hydrogen-bond donors (Lipinski definition) is 2. The molecule has 0 aromatic heterocycles. The summed E-state index contributed by atoms with van der Waals surface area (Å²) in [4.78, 5) is 13.0. The van der Waals surface area contributed by atoms with E-state index in [0.29, 0.717) is 43.3 Å². The fraction of sp³-hybridized carbons (Fsp3) is 0.625. The molecule has 2 fully saturated rings. The van der Waals surface area contributed by atoms with E-state index in [0.717, 1.165) is 31.4 Å². The van der Waals surface area contributed by atoms with Crippen LogP contribution >= 0.6 is 0 Å². The van der Waals surface area contributed by atoms with Crippen molar-refractivity contribution in [1.82, 2.24) is 5.32 Å². The number of hydrogen-bond acceptors (Lipinski definition) is 4. The largest absolute Gasteiger partial charge is 0.459 e. The summed E-state index contributed by atoms with van der Waals surface area (Å²) in [6.45, 7) is 0.437. The minimum absolute atomic E-state index is 0.0696. The molecule has 2 aliphatic carbocycles. The van der Waals surface area contributed by atoms with Crippen LogP contribution in [-0.4, -0.2) is 36.6 Å². The van der Waals surface area contributed by atoms with Crippen LogP contribution in [0.25, 0.3) is 0 Å². The van der Waals surface area contributed by atoms with Crippen molar-refractivity contribution in [3.05, 3.63) is 47.2 Å². The van der Waals surface area contributed by atoms with E-state index in [1.54, 1.807) is 6.08 Å². The number of halogens is 3. The van der Waals surface area contributed by atoms with Gasteiger partial charge < -0.3 is 19.9 Å². The fourth-order valence-electron chi connectivity index (χ4n) is 5.16. The van der Waals surface area contributed by atoms with Gasteiger partial charge in [-0.1, -0.05) is 18.6 Å². The second kappa shape index (κ2) is 9.83. The molecule has 4 rings (SSSR count). The standard InChI is InChI=1S/C24H30F3NO4/c25-24(26,27)19-7-5-16(6-8-19)18-13-21(32-22(14-18)31-10-2-1-9-29)23(30)28-20-12-15-3-4-17(20)11-15/h5-8,13,15,17-18,20,22,29H,1-4,9-12,14H2,(H,28,30)/t15?,17?,18-,20?,22+/m1/s1. The van der Waals surface area contributed by atoms with Crippen LogP contribution in [0.2, 0.25) is 0 Å². The average molecular weight is 454 g/mol. The predicted octanol–water partition coefficient (Wildman–Crippen LogP) is 4.51. The fourth-order valence-corrected chi connectivity index (χ4v) is 5.16. The van der Waals surface area contributed by atoms with E-state index in [9.17, 15) is 18.0 Å². The van der Waals surface area contributed by atoms with Crippen molar-refractivity contribution in [3.63, 3.8) is 0 Å². The van der Waals surface area contributed by atoms with E-state index >= 15 is 0 Å². The number of fused-ring (bicyclic) bond motifs is 2. The molecule has 1 heterocycles. The third-order valence-electron chi connectivity index (χ3n) is 6.86. The zero-order valence-corrected chi connectivity index (χ0v) is 17.9. The Morgan fingerprint density at radius 1 is 1.12 bits per heavy atom. The molecule has 3 unspecified atom stereocenters. The van der Waals surface area contributed by atoms with Gasteiger partial charge in [-0.3, -0.25) is 4.79 Å². The van der Waals surface area contributed by atoms with Crippen LogP contribution in [0.1, 0.15) is 62.0 Å². The quantitative estimate of drug-likeness (QED) is 0.569. The summed E-state index contributed by atoms with van der Waals surface area (Å²) < 4.78 is 50.4. The zero-order chi connectivity index (χ0) is 22.7. The van der Waals surface area contributed by atoms with Gasteiger partial charge in [0.05, 0.1) is 12.2 Å². The molecule has 5 nitrogen and oxygen atoms in total. The third kappa shape index (κ3) is 5.46. The molecule has 8 heteroatoms. The summed E-state index contributed by atoms with van der Waals surface area (Å²) in [7, 11) is 0. The van der Waals surface area contributed by atoms with Gasteiger partial charge in [-0.25, -0.2) is 0 Å². The molecule has 0 saturated heterocycles. The first-order valence-electron chi connectivity index (χ1n) is 11.4. The van der Waals surface area contributed by atoms with E-state index < -0.39 is 18.0 Å². The van der Waals surface area contributed by atoms with E-state index in [1.165, 1.54) is 18.6 Å². The van der Waals surface area contributed by atoms with Crippen molar-refractivity contribution < 1.29 is 32.5 Å². The van der Waals surface area contributed by atoms with Crippen molar-refractivity contribution >= 4 is 5.91 Å². The van der Waals surface area contributed by atoms with Gasteiger partial charge in [0.2, 0.25) is 6.29 Å². The zero-order valence-electron chi connectivity index (χ0n) is 17.9. The predicted molar refractivity (Wildman–Crippen MR) is 111 cm³/mol. The van der Waals surface area contributed by atoms with Gasteiger partial charge in [0.1, 0.15) is 0 Å². The summed E-state index contributed by atoms with van der Waals surface area (Å²) in [5.41, 5.74) is -0.0289. The number of allylic oxidation sites excluding steroid dienone is 1. The molecule has 0 radical (unpaired) electrons. The molecule has 2 saturated carbocycles. The number of aliphatic hydroxyl groups excluding tert-OH is 1. The van der Waals surface area contributed by atoms with Crippen LogP contribution in [0, 0.1) is 11.8 Å². The molecule has 1 aromatic rings. The van der Waals surface area contributed by atoms with Crippen molar-refractivity contribution in [3.8, 4) is 0 Å². The normalized spacial score (nSPS) is 29.5. The lowest BCUT2D eigenvalue weighted by molar-refractivity contribution is -0.147. The minimum Gasteiger partial charge on any atom is -0.459 e. The SMILES string of the molecule is O=C(NC1CC2CCC1C2)C1=C[C@@H](c2ccc(C(F)(F)F)cc2)C[C@@H](OCCCCO)O1. The molecule has 176 valence electrons. The van der Waals surface area contributed by atoms with Crippen LogP contribution in [0.5, 0.6) is 0 Å². The number of carbonyl (C=O) groups is 1. The highest BCUT2D eigenvalue weighted by atomic mass is 19.4. The minimum atomic E-state index is -4.39. The number of benzene rings is 1. The van der Waals surface area contributed by atoms with Crippen LogP contribution in [0.3, 0.4) is 0 Å². The number of nitrogens with one attached hydrogen (secondary N) is 1. The maximum absolute atomic E-state index is 13.0. The number of amides is 1. The number of carbonyl (C=O) groups excluding carboxylic acids is 1. The molecule has 1 aliphatic heterocycles. The molecular formula is C24H30F3NO4. The molecule has 5 atom stereocenters. The van der Waals surface area contributed by atoms with Gasteiger partial charge in [-0.2, -0.15) is 13.2 Å². The monoisotopic (exact) mass is 453 g/mol. The number of aliphatic hydroxyl groups is 1. The number of rotatable bonds is 8. The second-order valence-corrected chi connectivity index (χ2v) is 9.10. The Hall–Kier alpha value is -2.06. The molecule has 2 bridgehead atoms. The Labute approximate surface area is 186 Å². The third-order valence-corrected chi connectivity index (χ3v) is 6.86. The van der Waals surface area contributed by atoms with Gasteiger partial charge in [0.25, 0.3) is 5.91 Å². The highest BCUT2D eigenvalue weighted by Gasteiger charge is 2.41. The first kappa shape index (κ1) is 23.1. The van der Waals surface area contributed by atoms with Gasteiger partial charge in [-0.05, 0) is 67.7 Å². The Balaban J connectivity index is 1.47. The van der Waals surface area contributed by atoms with E-state index in [-0.39, 0.29) is 30.2 Å². The highest BCUT2D eigenvalue weighted by Crippen LogP contribution is 2.44. The van der Waals surface area contributed by atoms with Crippen LogP contribution < -0.4 is 5.32 Å². The van der Waals surface area contributed by atoms with Crippen molar-refractivity contribution in [1.29, 1.82) is 0 Å². The smallest absolute Gasteiger partial charge is 0.416 e. The lowest BCUT2D eigenvalue weighted by atomic mass is 9.91. The topological polar surface area (TPSA) is 67.8 Å². The lowest BCUT2D eigenvalue weighted by Gasteiger charge is -2.31. The highest BCUT2D eigenvalue weighted by molar-refractivity contribution is 5.92. The summed E-state index contributed by atoms with van der Waals surface area (Å²) in [6, 6.07) is 5.17. The van der Waals surface area contributed by atoms with Crippen molar-refractivity contribution in [2.75, 3.05) is 13.2 Å². The summed E-state index contributed by atoms with van der Waals surface area (Å²) >= 11 is 0. The van der Waals surface area contributed by atoms with E-state index in [1.807, 2.05) is 0 Å². The molecule has 3 aliphatic rings. The molecule has 32 heavy (non-hydrogen) atoms. The van der Waals surface area contributed by atoms with Crippen LogP contribution in [0.15, 0.2) is 36.1 Å². The van der Waals surface area contributed by atoms with Gasteiger partial charge >= 0.3 is 6.18 Å². The Morgan fingerprint density at radius 2 is 1.91 bits per heavy atom. The number of ether oxygens (including phenoxy) is 2. The van der Waals surface area contributed by atoms with Crippen LogP contribution in [0.4, 0.5) is 13.2 Å².